The van der Waals surface area contributed by atoms with E-state index in [4.69, 9.17) is 0 Å². The predicted octanol–water partition coefficient (Wildman–Crippen LogP) is 3.26. The average Bonchev–Trinajstić information content (AvgIpc) is 2.37. The summed E-state index contributed by atoms with van der Waals surface area (Å²) in [6, 6.07) is 5.43. The molecule has 0 saturated heterocycles. The van der Waals surface area contributed by atoms with Crippen molar-refractivity contribution in [2.24, 2.45) is 0 Å². The van der Waals surface area contributed by atoms with Crippen molar-refractivity contribution >= 4 is 17.1 Å². The molecule has 0 aliphatic heterocycles. The molecule has 1 N–H and O–H groups in total. The number of hydrogen-bond acceptors (Lipinski definition) is 4. The number of anilines is 2. The van der Waals surface area contributed by atoms with Gasteiger partial charge in [0.25, 0.3) is 0 Å². The Morgan fingerprint density at radius 2 is 1.94 bits per heavy atom. The van der Waals surface area contributed by atoms with Crippen molar-refractivity contribution in [1.82, 2.24) is 0 Å². The summed E-state index contributed by atoms with van der Waals surface area (Å²) in [5.74, 6) is 0. The number of nitro benzene ring substituents is 1. The molecule has 0 amide bonds. The summed E-state index contributed by atoms with van der Waals surface area (Å²) < 4.78 is 0. The van der Waals surface area contributed by atoms with Crippen LogP contribution in [0.4, 0.5) is 17.1 Å². The van der Waals surface area contributed by atoms with Gasteiger partial charge < -0.3 is 10.2 Å². The Balaban J connectivity index is 3.20. The van der Waals surface area contributed by atoms with Gasteiger partial charge >= 0.3 is 5.69 Å². The molecule has 18 heavy (non-hydrogen) atoms. The Morgan fingerprint density at radius 3 is 2.44 bits per heavy atom. The van der Waals surface area contributed by atoms with E-state index < -0.39 is 0 Å². The fraction of sp³-hybridized carbons (Fsp3) is 0.538. The van der Waals surface area contributed by atoms with E-state index >= 15 is 0 Å². The maximum Gasteiger partial charge on any atom is 0.315 e. The Kier molecular flexibility index (Phi) is 5.42. The van der Waals surface area contributed by atoms with Gasteiger partial charge in [-0.15, -0.1) is 0 Å². The van der Waals surface area contributed by atoms with Crippen molar-refractivity contribution in [3.63, 3.8) is 0 Å². The maximum atomic E-state index is 11.3. The lowest BCUT2D eigenvalue weighted by Gasteiger charge is -2.21. The summed E-state index contributed by atoms with van der Waals surface area (Å²) in [5.41, 5.74) is 1.46. The first kappa shape index (κ1) is 14.3. The molecule has 0 radical (unpaired) electrons. The molecule has 100 valence electrons. The van der Waals surface area contributed by atoms with E-state index in [1.165, 1.54) is 0 Å². The van der Waals surface area contributed by atoms with E-state index in [1.807, 2.05) is 37.8 Å². The van der Waals surface area contributed by atoms with Crippen molar-refractivity contribution < 1.29 is 4.92 Å². The van der Waals surface area contributed by atoms with Gasteiger partial charge in [0.2, 0.25) is 0 Å². The van der Waals surface area contributed by atoms with Crippen LogP contribution in [0.2, 0.25) is 0 Å². The average molecular weight is 251 g/mol. The van der Waals surface area contributed by atoms with Crippen LogP contribution in [-0.4, -0.2) is 24.6 Å². The van der Waals surface area contributed by atoms with Crippen molar-refractivity contribution in [2.45, 2.75) is 27.2 Å². The molecule has 0 heterocycles. The number of hydrogen-bond donors (Lipinski definition) is 1. The number of nitrogens with one attached hydrogen (secondary N) is 1. The summed E-state index contributed by atoms with van der Waals surface area (Å²) in [6.45, 7) is 8.29. The highest BCUT2D eigenvalue weighted by molar-refractivity contribution is 5.77. The second-order valence-electron chi connectivity index (χ2n) is 4.03. The first-order valence-electron chi connectivity index (χ1n) is 6.41. The highest BCUT2D eigenvalue weighted by atomic mass is 16.6. The number of benzene rings is 1. The molecule has 0 atom stereocenters. The highest BCUT2D eigenvalue weighted by Crippen LogP contribution is 2.35. The van der Waals surface area contributed by atoms with Gasteiger partial charge in [0.15, 0.2) is 0 Å². The fourth-order valence-corrected chi connectivity index (χ4v) is 1.94. The number of rotatable bonds is 7. The van der Waals surface area contributed by atoms with E-state index in [9.17, 15) is 10.1 Å². The molecule has 0 unspecified atom stereocenters. The largest absolute Gasteiger partial charge is 0.379 e. The van der Waals surface area contributed by atoms with Crippen molar-refractivity contribution in [1.29, 1.82) is 0 Å². The molecular formula is C13H21N3O2. The van der Waals surface area contributed by atoms with Crippen molar-refractivity contribution in [3.05, 3.63) is 28.3 Å². The smallest absolute Gasteiger partial charge is 0.315 e. The van der Waals surface area contributed by atoms with Crippen LogP contribution >= 0.6 is 0 Å². The third-order valence-corrected chi connectivity index (χ3v) is 2.87. The molecule has 5 nitrogen and oxygen atoms in total. The van der Waals surface area contributed by atoms with Gasteiger partial charge in [0.05, 0.1) is 4.92 Å². The zero-order valence-electron chi connectivity index (χ0n) is 11.3. The monoisotopic (exact) mass is 251 g/mol. The van der Waals surface area contributed by atoms with Crippen molar-refractivity contribution in [3.8, 4) is 0 Å². The van der Waals surface area contributed by atoms with Gasteiger partial charge in [0, 0.05) is 19.6 Å². The zero-order chi connectivity index (χ0) is 13.5. The lowest BCUT2D eigenvalue weighted by molar-refractivity contribution is -0.383. The Labute approximate surface area is 108 Å². The summed E-state index contributed by atoms with van der Waals surface area (Å²) in [5, 5.41) is 14.4. The summed E-state index contributed by atoms with van der Waals surface area (Å²) in [6.07, 6.45) is 0.937. The molecule has 0 spiro atoms. The molecule has 0 aliphatic rings. The van der Waals surface area contributed by atoms with Gasteiger partial charge in [-0.2, -0.15) is 0 Å². The Morgan fingerprint density at radius 1 is 1.28 bits per heavy atom. The molecule has 0 aliphatic carbocycles. The molecule has 5 heteroatoms. The molecule has 0 fully saturated rings. The van der Waals surface area contributed by atoms with Gasteiger partial charge in [-0.1, -0.05) is 13.0 Å². The molecular weight excluding hydrogens is 230 g/mol. The zero-order valence-corrected chi connectivity index (χ0v) is 11.3. The third kappa shape index (κ3) is 3.12. The topological polar surface area (TPSA) is 58.4 Å². The van der Waals surface area contributed by atoms with Crippen LogP contribution in [0.25, 0.3) is 0 Å². The normalized spacial score (nSPS) is 10.2. The van der Waals surface area contributed by atoms with Gasteiger partial charge in [-0.3, -0.25) is 10.1 Å². The Bertz CT molecular complexity index is 403. The molecule has 0 saturated carbocycles. The first-order valence-corrected chi connectivity index (χ1v) is 6.41. The van der Waals surface area contributed by atoms with Crippen LogP contribution in [0, 0.1) is 10.1 Å². The molecule has 1 aromatic carbocycles. The summed E-state index contributed by atoms with van der Waals surface area (Å²) in [4.78, 5) is 13.0. The van der Waals surface area contributed by atoms with Crippen LogP contribution in [0.5, 0.6) is 0 Å². The van der Waals surface area contributed by atoms with Gasteiger partial charge in [-0.25, -0.2) is 0 Å². The van der Waals surface area contributed by atoms with Crippen LogP contribution < -0.4 is 10.2 Å². The van der Waals surface area contributed by atoms with Crippen LogP contribution in [0.1, 0.15) is 27.2 Å². The molecule has 0 bridgehead atoms. The number of nitro groups is 1. The van der Waals surface area contributed by atoms with Crippen LogP contribution in [-0.2, 0) is 0 Å². The SMILES string of the molecule is CCCNc1cccc(N(CC)CC)c1[N+](=O)[O-]. The molecule has 1 rings (SSSR count). The minimum Gasteiger partial charge on any atom is -0.379 e. The second-order valence-corrected chi connectivity index (χ2v) is 4.03. The fourth-order valence-electron chi connectivity index (χ4n) is 1.94. The van der Waals surface area contributed by atoms with E-state index in [0.717, 1.165) is 26.1 Å². The molecule has 1 aromatic rings. The van der Waals surface area contributed by atoms with Gasteiger partial charge in [-0.05, 0) is 32.4 Å². The predicted molar refractivity (Wildman–Crippen MR) is 75.4 cm³/mol. The minimum atomic E-state index is -0.300. The van der Waals surface area contributed by atoms with Crippen LogP contribution in [0.15, 0.2) is 18.2 Å². The lowest BCUT2D eigenvalue weighted by atomic mass is 10.2. The minimum absolute atomic E-state index is 0.176. The number of nitrogens with zero attached hydrogens (tertiary/aromatic N) is 2. The maximum absolute atomic E-state index is 11.3. The van der Waals surface area contributed by atoms with Crippen molar-refractivity contribution in [2.75, 3.05) is 29.9 Å². The standard InChI is InChI=1S/C13H21N3O2/c1-4-10-14-11-8-7-9-12(13(11)16(17)18)15(5-2)6-3/h7-9,14H,4-6,10H2,1-3H3. The summed E-state index contributed by atoms with van der Waals surface area (Å²) >= 11 is 0. The van der Waals surface area contributed by atoms with E-state index in [-0.39, 0.29) is 10.6 Å². The quantitative estimate of drug-likeness (QED) is 0.597. The van der Waals surface area contributed by atoms with E-state index in [2.05, 4.69) is 5.32 Å². The lowest BCUT2D eigenvalue weighted by Crippen LogP contribution is -2.23. The molecule has 0 aromatic heterocycles. The summed E-state index contributed by atoms with van der Waals surface area (Å²) in [7, 11) is 0. The second kappa shape index (κ2) is 6.83. The van der Waals surface area contributed by atoms with E-state index in [0.29, 0.717) is 11.4 Å². The Hall–Kier alpha value is -1.78. The van der Waals surface area contributed by atoms with Gasteiger partial charge in [0.1, 0.15) is 11.4 Å². The van der Waals surface area contributed by atoms with Crippen LogP contribution in [0.3, 0.4) is 0 Å². The number of para-hydroxylation sites is 1. The first-order chi connectivity index (χ1) is 8.65. The highest BCUT2D eigenvalue weighted by Gasteiger charge is 2.22. The third-order valence-electron chi connectivity index (χ3n) is 2.87. The van der Waals surface area contributed by atoms with E-state index in [1.54, 1.807) is 6.07 Å².